The van der Waals surface area contributed by atoms with Gasteiger partial charge in [-0.1, -0.05) is 69.3 Å². The van der Waals surface area contributed by atoms with Gasteiger partial charge in [0.15, 0.2) is 0 Å². The maximum atomic E-state index is 12.4. The smallest absolute Gasteiger partial charge is 0.407 e. The van der Waals surface area contributed by atoms with Crippen molar-refractivity contribution in [3.8, 4) is 11.1 Å². The number of rotatable bonds is 7. The lowest BCUT2D eigenvalue weighted by atomic mass is 9.96. The van der Waals surface area contributed by atoms with E-state index in [1.807, 2.05) is 57.2 Å². The van der Waals surface area contributed by atoms with E-state index in [1.165, 1.54) is 4.90 Å². The van der Waals surface area contributed by atoms with Gasteiger partial charge in [-0.25, -0.2) is 4.79 Å². The van der Waals surface area contributed by atoms with Crippen LogP contribution in [-0.4, -0.2) is 54.2 Å². The number of benzene rings is 2. The summed E-state index contributed by atoms with van der Waals surface area (Å²) in [6.45, 7) is 5.41. The van der Waals surface area contributed by atoms with Crippen LogP contribution in [0.4, 0.5) is 4.79 Å². The summed E-state index contributed by atoms with van der Waals surface area (Å²) in [7, 11) is 0. The van der Waals surface area contributed by atoms with E-state index in [2.05, 4.69) is 17.4 Å². The molecule has 1 aliphatic carbocycles. The first-order valence-electron chi connectivity index (χ1n) is 10.2. The van der Waals surface area contributed by atoms with Gasteiger partial charge in [-0.05, 0) is 27.7 Å². The number of aliphatic carboxylic acids is 1. The van der Waals surface area contributed by atoms with Gasteiger partial charge in [-0.3, -0.25) is 9.59 Å². The van der Waals surface area contributed by atoms with Crippen molar-refractivity contribution in [3.05, 3.63) is 59.7 Å². The number of carbonyl (C=O) groups is 3. The molecule has 7 heteroatoms. The number of hydrogen-bond donors (Lipinski definition) is 2. The van der Waals surface area contributed by atoms with Gasteiger partial charge in [0.1, 0.15) is 19.7 Å². The minimum atomic E-state index is -1.10. The number of alkyl carbamates (subject to hydrolysis) is 1. The van der Waals surface area contributed by atoms with Crippen LogP contribution in [0.25, 0.3) is 11.1 Å². The first-order valence-corrected chi connectivity index (χ1v) is 10.2. The molecule has 0 saturated heterocycles. The van der Waals surface area contributed by atoms with Crippen LogP contribution in [0.2, 0.25) is 0 Å². The zero-order chi connectivity index (χ0) is 22.6. The molecule has 2 aromatic rings. The monoisotopic (exact) mass is 424 g/mol. The first-order chi connectivity index (χ1) is 14.7. The number of nitrogens with one attached hydrogen (secondary N) is 1. The number of nitrogens with zero attached hydrogens (tertiary/aromatic N) is 1. The van der Waals surface area contributed by atoms with Gasteiger partial charge in [0, 0.05) is 12.5 Å². The van der Waals surface area contributed by atoms with Crippen LogP contribution in [0.1, 0.15) is 37.8 Å². The van der Waals surface area contributed by atoms with Crippen LogP contribution in [0.5, 0.6) is 0 Å². The van der Waals surface area contributed by atoms with Crippen molar-refractivity contribution < 1.29 is 24.2 Å². The second-order valence-corrected chi connectivity index (χ2v) is 8.88. The first kappa shape index (κ1) is 22.3. The third-order valence-electron chi connectivity index (χ3n) is 5.07. The third-order valence-corrected chi connectivity index (χ3v) is 5.07. The molecular weight excluding hydrogens is 396 g/mol. The van der Waals surface area contributed by atoms with Gasteiger partial charge in [0.2, 0.25) is 5.91 Å². The van der Waals surface area contributed by atoms with Gasteiger partial charge in [-0.2, -0.15) is 0 Å². The zero-order valence-electron chi connectivity index (χ0n) is 18.1. The molecule has 0 aliphatic heterocycles. The Labute approximate surface area is 182 Å². The second-order valence-electron chi connectivity index (χ2n) is 8.88. The Morgan fingerprint density at radius 3 is 2.06 bits per heavy atom. The van der Waals surface area contributed by atoms with E-state index in [0.29, 0.717) is 0 Å². The zero-order valence-corrected chi connectivity index (χ0v) is 18.1. The Morgan fingerprint density at radius 1 is 1.00 bits per heavy atom. The minimum Gasteiger partial charge on any atom is -0.480 e. The van der Waals surface area contributed by atoms with Gasteiger partial charge in [0.25, 0.3) is 0 Å². The van der Waals surface area contributed by atoms with Crippen molar-refractivity contribution in [1.82, 2.24) is 10.2 Å². The van der Waals surface area contributed by atoms with E-state index < -0.39 is 24.5 Å². The van der Waals surface area contributed by atoms with Crippen molar-refractivity contribution in [1.29, 1.82) is 0 Å². The maximum absolute atomic E-state index is 12.4. The SMILES string of the molecule is CC(C)(C)CN(CC(=O)O)C(=O)CNC(=O)OCC1c2ccccc2-c2ccccc21. The lowest BCUT2D eigenvalue weighted by Gasteiger charge is -2.28. The molecule has 0 heterocycles. The molecule has 31 heavy (non-hydrogen) atoms. The van der Waals surface area contributed by atoms with Gasteiger partial charge >= 0.3 is 12.1 Å². The lowest BCUT2D eigenvalue weighted by molar-refractivity contribution is -0.144. The number of carboxylic acids is 1. The largest absolute Gasteiger partial charge is 0.480 e. The molecule has 1 aliphatic rings. The molecule has 164 valence electrons. The predicted molar refractivity (Wildman–Crippen MR) is 117 cm³/mol. The molecule has 3 rings (SSSR count). The topological polar surface area (TPSA) is 95.9 Å². The highest BCUT2D eigenvalue weighted by Gasteiger charge is 2.29. The van der Waals surface area contributed by atoms with Crippen molar-refractivity contribution in [3.63, 3.8) is 0 Å². The molecule has 2 aromatic carbocycles. The Kier molecular flexibility index (Phi) is 6.63. The predicted octanol–water partition coefficient (Wildman–Crippen LogP) is 3.48. The van der Waals surface area contributed by atoms with Crippen molar-refractivity contribution in [2.24, 2.45) is 5.41 Å². The van der Waals surface area contributed by atoms with E-state index >= 15 is 0 Å². The van der Waals surface area contributed by atoms with Crippen molar-refractivity contribution in [2.45, 2.75) is 26.7 Å². The van der Waals surface area contributed by atoms with E-state index in [0.717, 1.165) is 22.3 Å². The summed E-state index contributed by atoms with van der Waals surface area (Å²) < 4.78 is 5.41. The summed E-state index contributed by atoms with van der Waals surface area (Å²) in [4.78, 5) is 37.0. The Morgan fingerprint density at radius 2 is 1.55 bits per heavy atom. The summed E-state index contributed by atoms with van der Waals surface area (Å²) in [5.74, 6) is -1.64. The van der Waals surface area contributed by atoms with Crippen LogP contribution < -0.4 is 5.32 Å². The molecule has 0 saturated carbocycles. The summed E-state index contributed by atoms with van der Waals surface area (Å²) in [6, 6.07) is 16.1. The van der Waals surface area contributed by atoms with E-state index in [1.54, 1.807) is 0 Å². The number of fused-ring (bicyclic) bond motifs is 3. The minimum absolute atomic E-state index is 0.0711. The summed E-state index contributed by atoms with van der Waals surface area (Å²) >= 11 is 0. The fourth-order valence-corrected chi connectivity index (χ4v) is 3.88. The molecule has 0 spiro atoms. The summed E-state index contributed by atoms with van der Waals surface area (Å²) in [5.41, 5.74) is 4.20. The van der Waals surface area contributed by atoms with E-state index in [-0.39, 0.29) is 31.0 Å². The summed E-state index contributed by atoms with van der Waals surface area (Å²) in [5, 5.41) is 11.5. The number of amides is 2. The van der Waals surface area contributed by atoms with E-state index in [9.17, 15) is 14.4 Å². The highest BCUT2D eigenvalue weighted by atomic mass is 16.5. The standard InChI is InChI=1S/C24H28N2O5/c1-24(2,3)15-26(13-22(28)29)21(27)12-25-23(30)31-14-20-18-10-6-4-8-16(18)17-9-5-7-11-19(17)20/h4-11,20H,12-15H2,1-3H3,(H,25,30)(H,28,29). The quantitative estimate of drug-likeness (QED) is 0.709. The fourth-order valence-electron chi connectivity index (χ4n) is 3.88. The molecule has 0 bridgehead atoms. The molecular formula is C24H28N2O5. The molecule has 0 aromatic heterocycles. The molecule has 0 radical (unpaired) electrons. The van der Waals surface area contributed by atoms with Crippen molar-refractivity contribution in [2.75, 3.05) is 26.2 Å². The van der Waals surface area contributed by atoms with Gasteiger partial charge in [-0.15, -0.1) is 0 Å². The van der Waals surface area contributed by atoms with Crippen LogP contribution >= 0.6 is 0 Å². The van der Waals surface area contributed by atoms with Crippen LogP contribution in [0.15, 0.2) is 48.5 Å². The Balaban J connectivity index is 1.58. The third kappa shape index (κ3) is 5.63. The highest BCUT2D eigenvalue weighted by molar-refractivity contribution is 5.85. The average Bonchev–Trinajstić information content (AvgIpc) is 3.02. The molecule has 2 amide bonds. The molecule has 0 fully saturated rings. The van der Waals surface area contributed by atoms with Crippen LogP contribution in [0.3, 0.4) is 0 Å². The normalized spacial score (nSPS) is 12.6. The summed E-state index contributed by atoms with van der Waals surface area (Å²) in [6.07, 6.45) is -0.707. The van der Waals surface area contributed by atoms with Crippen LogP contribution in [0, 0.1) is 5.41 Å². The fraction of sp³-hybridized carbons (Fsp3) is 0.375. The van der Waals surface area contributed by atoms with Crippen LogP contribution in [-0.2, 0) is 14.3 Å². The Hall–Kier alpha value is -3.35. The molecule has 0 atom stereocenters. The maximum Gasteiger partial charge on any atom is 0.407 e. The average molecular weight is 424 g/mol. The van der Waals surface area contributed by atoms with E-state index in [4.69, 9.17) is 9.84 Å². The Bertz CT molecular complexity index is 934. The second kappa shape index (κ2) is 9.20. The number of hydrogen-bond acceptors (Lipinski definition) is 4. The highest BCUT2D eigenvalue weighted by Crippen LogP contribution is 2.44. The molecule has 7 nitrogen and oxygen atoms in total. The number of carbonyl (C=O) groups excluding carboxylic acids is 2. The lowest BCUT2D eigenvalue weighted by Crippen LogP contribution is -2.46. The van der Waals surface area contributed by atoms with Crippen molar-refractivity contribution >= 4 is 18.0 Å². The van der Waals surface area contributed by atoms with Gasteiger partial charge in [0.05, 0.1) is 0 Å². The molecule has 2 N–H and O–H groups in total. The number of carboxylic acid groups (broad SMARTS) is 1. The number of ether oxygens (including phenoxy) is 1. The molecule has 0 unspecified atom stereocenters. The van der Waals surface area contributed by atoms with Gasteiger partial charge < -0.3 is 20.1 Å².